The van der Waals surface area contributed by atoms with Gasteiger partial charge in [-0.1, -0.05) is 13.0 Å². The van der Waals surface area contributed by atoms with Crippen LogP contribution in [-0.2, 0) is 0 Å². The molecule has 0 aliphatic heterocycles. The molecule has 0 aliphatic carbocycles. The molecule has 4 nitrogen and oxygen atoms in total. The summed E-state index contributed by atoms with van der Waals surface area (Å²) in [5.74, 6) is 0.0272. The molecule has 1 unspecified atom stereocenters. The molecule has 1 atom stereocenters. The Morgan fingerprint density at radius 3 is 2.59 bits per heavy atom. The third-order valence-corrected chi connectivity index (χ3v) is 4.42. The van der Waals surface area contributed by atoms with E-state index in [1.807, 2.05) is 32.2 Å². The lowest BCUT2D eigenvalue weighted by Gasteiger charge is -2.25. The van der Waals surface area contributed by atoms with Crippen LogP contribution >= 0.6 is 0 Å². The normalized spacial score (nSPS) is 12.6. The van der Waals surface area contributed by atoms with E-state index in [-0.39, 0.29) is 11.9 Å². The highest BCUT2D eigenvalue weighted by Gasteiger charge is 2.19. The van der Waals surface area contributed by atoms with Gasteiger partial charge in [-0.25, -0.2) is 0 Å². The van der Waals surface area contributed by atoms with Crippen molar-refractivity contribution in [3.63, 3.8) is 0 Å². The van der Waals surface area contributed by atoms with Crippen LogP contribution in [0.3, 0.4) is 0 Å². The van der Waals surface area contributed by atoms with Gasteiger partial charge in [-0.2, -0.15) is 0 Å². The Kier molecular flexibility index (Phi) is 5.14. The average molecular weight is 299 g/mol. The van der Waals surface area contributed by atoms with E-state index in [0.717, 1.165) is 23.0 Å². The first-order valence-corrected chi connectivity index (χ1v) is 7.83. The minimum Gasteiger partial charge on any atom is -0.342 e. The lowest BCUT2D eigenvalue weighted by atomic mass is 9.99. The molecule has 2 aromatic rings. The number of benzene rings is 1. The SMILES string of the molecule is CCN(C)C(=O)c1cc(C(C)N(C)CC)cc2cccnc12. The van der Waals surface area contributed by atoms with Gasteiger partial charge in [0.2, 0.25) is 0 Å². The minimum atomic E-state index is 0.0272. The van der Waals surface area contributed by atoms with Crippen LogP contribution in [0.25, 0.3) is 10.9 Å². The molecule has 0 fully saturated rings. The van der Waals surface area contributed by atoms with E-state index in [0.29, 0.717) is 12.1 Å². The smallest absolute Gasteiger partial charge is 0.255 e. The van der Waals surface area contributed by atoms with Crippen molar-refractivity contribution in [2.75, 3.05) is 27.2 Å². The van der Waals surface area contributed by atoms with Crippen LogP contribution in [-0.4, -0.2) is 47.9 Å². The summed E-state index contributed by atoms with van der Waals surface area (Å²) in [4.78, 5) is 21.1. The number of amides is 1. The summed E-state index contributed by atoms with van der Waals surface area (Å²) in [6.07, 6.45) is 1.74. The molecule has 0 bridgehead atoms. The third kappa shape index (κ3) is 3.12. The van der Waals surface area contributed by atoms with Crippen LogP contribution < -0.4 is 0 Å². The lowest BCUT2D eigenvalue weighted by molar-refractivity contribution is 0.0804. The monoisotopic (exact) mass is 299 g/mol. The minimum absolute atomic E-state index is 0.0272. The largest absolute Gasteiger partial charge is 0.342 e. The van der Waals surface area contributed by atoms with Gasteiger partial charge in [0.25, 0.3) is 5.91 Å². The topological polar surface area (TPSA) is 36.4 Å². The molecule has 1 amide bonds. The maximum atomic E-state index is 12.7. The fraction of sp³-hybridized carbons (Fsp3) is 0.444. The van der Waals surface area contributed by atoms with Gasteiger partial charge < -0.3 is 4.90 Å². The van der Waals surface area contributed by atoms with Crippen molar-refractivity contribution in [1.29, 1.82) is 0 Å². The van der Waals surface area contributed by atoms with Gasteiger partial charge in [0.15, 0.2) is 0 Å². The first-order chi connectivity index (χ1) is 10.5. The summed E-state index contributed by atoms with van der Waals surface area (Å²) in [6, 6.07) is 8.33. The summed E-state index contributed by atoms with van der Waals surface area (Å²) < 4.78 is 0. The Morgan fingerprint density at radius 1 is 1.23 bits per heavy atom. The third-order valence-electron chi connectivity index (χ3n) is 4.42. The maximum Gasteiger partial charge on any atom is 0.255 e. The van der Waals surface area contributed by atoms with Crippen LogP contribution in [0.5, 0.6) is 0 Å². The molecular formula is C18H25N3O. The lowest BCUT2D eigenvalue weighted by Crippen LogP contribution is -2.27. The second-order valence-corrected chi connectivity index (χ2v) is 5.71. The molecule has 0 radical (unpaired) electrons. The van der Waals surface area contributed by atoms with Gasteiger partial charge in [-0.05, 0) is 51.2 Å². The average Bonchev–Trinajstić information content (AvgIpc) is 2.57. The molecule has 1 heterocycles. The van der Waals surface area contributed by atoms with Gasteiger partial charge in [0.1, 0.15) is 0 Å². The highest BCUT2D eigenvalue weighted by molar-refractivity contribution is 6.05. The molecule has 0 aliphatic rings. The predicted molar refractivity (Wildman–Crippen MR) is 91.1 cm³/mol. The van der Waals surface area contributed by atoms with Crippen molar-refractivity contribution in [3.05, 3.63) is 41.6 Å². The standard InChI is InChI=1S/C18H25N3O/c1-6-20(4)13(3)15-11-14-9-8-10-19-17(14)16(12-15)18(22)21(5)7-2/h8-13H,6-7H2,1-5H3. The van der Waals surface area contributed by atoms with E-state index >= 15 is 0 Å². The molecule has 1 aromatic carbocycles. The zero-order chi connectivity index (χ0) is 16.3. The number of nitrogens with zero attached hydrogens (tertiary/aromatic N) is 3. The summed E-state index contributed by atoms with van der Waals surface area (Å²) in [5, 5.41) is 1.02. The zero-order valence-electron chi connectivity index (χ0n) is 14.1. The number of carbonyl (C=O) groups is 1. The van der Waals surface area contributed by atoms with Crippen molar-refractivity contribution >= 4 is 16.8 Å². The number of carbonyl (C=O) groups excluding carboxylic acids is 1. The molecular weight excluding hydrogens is 274 g/mol. The van der Waals surface area contributed by atoms with Gasteiger partial charge in [0, 0.05) is 31.2 Å². The van der Waals surface area contributed by atoms with Crippen molar-refractivity contribution in [2.45, 2.75) is 26.8 Å². The molecule has 1 aromatic heterocycles. The Morgan fingerprint density at radius 2 is 1.95 bits per heavy atom. The number of aromatic nitrogens is 1. The fourth-order valence-electron chi connectivity index (χ4n) is 2.50. The summed E-state index contributed by atoms with van der Waals surface area (Å²) in [5.41, 5.74) is 2.62. The second kappa shape index (κ2) is 6.88. The number of hydrogen-bond donors (Lipinski definition) is 0. The Balaban J connectivity index is 2.60. The van der Waals surface area contributed by atoms with Crippen molar-refractivity contribution in [3.8, 4) is 0 Å². The van der Waals surface area contributed by atoms with Gasteiger partial charge in [0.05, 0.1) is 11.1 Å². The van der Waals surface area contributed by atoms with Crippen LogP contribution in [0.4, 0.5) is 0 Å². The summed E-state index contributed by atoms with van der Waals surface area (Å²) >= 11 is 0. The Bertz CT molecular complexity index is 668. The zero-order valence-corrected chi connectivity index (χ0v) is 14.1. The van der Waals surface area contributed by atoms with Crippen LogP contribution in [0.15, 0.2) is 30.5 Å². The van der Waals surface area contributed by atoms with E-state index in [4.69, 9.17) is 0 Å². The van der Waals surface area contributed by atoms with Gasteiger partial charge in [-0.15, -0.1) is 0 Å². The predicted octanol–water partition coefficient (Wildman–Crippen LogP) is 3.34. The van der Waals surface area contributed by atoms with Crippen molar-refractivity contribution < 1.29 is 4.79 Å². The van der Waals surface area contributed by atoms with Crippen molar-refractivity contribution in [2.24, 2.45) is 0 Å². The maximum absolute atomic E-state index is 12.7. The van der Waals surface area contributed by atoms with E-state index in [2.05, 4.69) is 36.8 Å². The number of pyridine rings is 1. The number of hydrogen-bond acceptors (Lipinski definition) is 3. The van der Waals surface area contributed by atoms with Crippen LogP contribution in [0.2, 0.25) is 0 Å². The molecule has 0 saturated carbocycles. The second-order valence-electron chi connectivity index (χ2n) is 5.71. The fourth-order valence-corrected chi connectivity index (χ4v) is 2.50. The quantitative estimate of drug-likeness (QED) is 0.849. The van der Waals surface area contributed by atoms with E-state index in [1.54, 1.807) is 11.1 Å². The Hall–Kier alpha value is -1.94. The van der Waals surface area contributed by atoms with E-state index in [1.165, 1.54) is 0 Å². The molecule has 4 heteroatoms. The molecule has 22 heavy (non-hydrogen) atoms. The molecule has 2 rings (SSSR count). The molecule has 118 valence electrons. The van der Waals surface area contributed by atoms with E-state index in [9.17, 15) is 4.79 Å². The van der Waals surface area contributed by atoms with Crippen LogP contribution in [0, 0.1) is 0 Å². The Labute approximate surface area is 132 Å². The number of rotatable bonds is 5. The summed E-state index contributed by atoms with van der Waals surface area (Å²) in [6.45, 7) is 7.92. The van der Waals surface area contributed by atoms with Crippen molar-refractivity contribution in [1.82, 2.24) is 14.8 Å². The molecule has 0 spiro atoms. The first kappa shape index (κ1) is 16.4. The highest BCUT2D eigenvalue weighted by Crippen LogP contribution is 2.26. The number of fused-ring (bicyclic) bond motifs is 1. The molecule has 0 N–H and O–H groups in total. The highest BCUT2D eigenvalue weighted by atomic mass is 16.2. The van der Waals surface area contributed by atoms with Gasteiger partial charge in [-0.3, -0.25) is 14.7 Å². The van der Waals surface area contributed by atoms with E-state index < -0.39 is 0 Å². The van der Waals surface area contributed by atoms with Gasteiger partial charge >= 0.3 is 0 Å². The molecule has 0 saturated heterocycles. The van der Waals surface area contributed by atoms with Crippen LogP contribution in [0.1, 0.15) is 42.7 Å². The summed E-state index contributed by atoms with van der Waals surface area (Å²) in [7, 11) is 3.92. The first-order valence-electron chi connectivity index (χ1n) is 7.83.